The molecule has 146 valence electrons. The van der Waals surface area contributed by atoms with Gasteiger partial charge in [0.1, 0.15) is 12.2 Å². The lowest BCUT2D eigenvalue weighted by molar-refractivity contribution is -0.222. The van der Waals surface area contributed by atoms with E-state index in [9.17, 15) is 9.59 Å². The highest BCUT2D eigenvalue weighted by Gasteiger charge is 2.39. The Morgan fingerprint density at radius 1 is 1.04 bits per heavy atom. The first kappa shape index (κ1) is 19.9. The van der Waals surface area contributed by atoms with E-state index in [2.05, 4.69) is 15.9 Å². The first-order valence-corrected chi connectivity index (χ1v) is 9.31. The summed E-state index contributed by atoms with van der Waals surface area (Å²) in [6.45, 7) is 3.28. The van der Waals surface area contributed by atoms with Crippen LogP contribution in [0.2, 0.25) is 0 Å². The number of benzene rings is 2. The van der Waals surface area contributed by atoms with Gasteiger partial charge in [0.05, 0.1) is 7.11 Å². The number of rotatable bonds is 5. The van der Waals surface area contributed by atoms with Gasteiger partial charge in [-0.1, -0.05) is 40.2 Å². The minimum absolute atomic E-state index is 0.207. The summed E-state index contributed by atoms with van der Waals surface area (Å²) in [6, 6.07) is 12.9. The van der Waals surface area contributed by atoms with Gasteiger partial charge in [-0.2, -0.15) is 0 Å². The van der Waals surface area contributed by atoms with Gasteiger partial charge in [-0.3, -0.25) is 0 Å². The Morgan fingerprint density at radius 3 is 2.29 bits per heavy atom. The predicted molar refractivity (Wildman–Crippen MR) is 106 cm³/mol. The van der Waals surface area contributed by atoms with Gasteiger partial charge in [-0.05, 0) is 29.8 Å². The Labute approximate surface area is 171 Å². The van der Waals surface area contributed by atoms with E-state index in [-0.39, 0.29) is 12.2 Å². The van der Waals surface area contributed by atoms with Crippen LogP contribution >= 0.6 is 15.9 Å². The molecule has 0 spiro atoms. The zero-order valence-corrected chi connectivity index (χ0v) is 17.2. The zero-order chi connectivity index (χ0) is 20.3. The average Bonchev–Trinajstić information content (AvgIpc) is 2.63. The molecule has 1 heterocycles. The molecule has 0 N–H and O–H groups in total. The van der Waals surface area contributed by atoms with Gasteiger partial charge < -0.3 is 18.9 Å². The molecular weight excluding hydrogens is 428 g/mol. The second kappa shape index (κ2) is 8.06. The molecule has 1 fully saturated rings. The van der Waals surface area contributed by atoms with Gasteiger partial charge in [-0.25, -0.2) is 9.59 Å². The summed E-state index contributed by atoms with van der Waals surface area (Å²) >= 11 is 3.39. The van der Waals surface area contributed by atoms with Crippen molar-refractivity contribution in [2.75, 3.05) is 7.11 Å². The number of methoxy groups -OCH3 is 1. The van der Waals surface area contributed by atoms with Crippen LogP contribution in [0, 0.1) is 0 Å². The van der Waals surface area contributed by atoms with E-state index < -0.39 is 17.7 Å². The molecule has 0 radical (unpaired) electrons. The number of hydrogen-bond acceptors (Lipinski definition) is 6. The zero-order valence-electron chi connectivity index (χ0n) is 15.7. The molecule has 7 heteroatoms. The van der Waals surface area contributed by atoms with Crippen molar-refractivity contribution in [3.05, 3.63) is 63.6 Å². The van der Waals surface area contributed by atoms with Crippen LogP contribution in [0.3, 0.4) is 0 Å². The molecule has 3 rings (SSSR count). The topological polar surface area (TPSA) is 71.1 Å². The van der Waals surface area contributed by atoms with Crippen molar-refractivity contribution < 1.29 is 28.5 Å². The van der Waals surface area contributed by atoms with Crippen molar-refractivity contribution in [1.82, 2.24) is 0 Å². The fourth-order valence-corrected chi connectivity index (χ4v) is 2.90. The number of para-hydroxylation sites is 1. The molecule has 6 nitrogen and oxygen atoms in total. The van der Waals surface area contributed by atoms with Crippen molar-refractivity contribution in [2.24, 2.45) is 0 Å². The number of hydrogen-bond donors (Lipinski definition) is 0. The van der Waals surface area contributed by atoms with Gasteiger partial charge in [0.25, 0.3) is 5.79 Å². The lowest BCUT2D eigenvalue weighted by Gasteiger charge is -2.29. The average molecular weight is 447 g/mol. The third-order valence-electron chi connectivity index (χ3n) is 3.94. The molecule has 0 unspecified atom stereocenters. The van der Waals surface area contributed by atoms with Crippen molar-refractivity contribution >= 4 is 33.9 Å². The van der Waals surface area contributed by atoms with Crippen molar-refractivity contribution in [3.63, 3.8) is 0 Å². The van der Waals surface area contributed by atoms with Gasteiger partial charge in [0, 0.05) is 23.9 Å². The van der Waals surface area contributed by atoms with Crippen LogP contribution in [0.4, 0.5) is 0 Å². The molecule has 1 aliphatic heterocycles. The normalized spacial score (nSPS) is 15.5. The molecule has 0 bridgehead atoms. The monoisotopic (exact) mass is 446 g/mol. The van der Waals surface area contributed by atoms with Crippen LogP contribution in [-0.2, 0) is 25.7 Å². The molecule has 2 aromatic rings. The van der Waals surface area contributed by atoms with Crippen molar-refractivity contribution in [1.29, 1.82) is 0 Å². The fraction of sp³-hybridized carbons (Fsp3) is 0.238. The summed E-state index contributed by atoms with van der Waals surface area (Å²) in [5, 5.41) is 0. The predicted octanol–water partition coefficient (Wildman–Crippen LogP) is 4.26. The number of halogens is 1. The first-order valence-electron chi connectivity index (χ1n) is 8.52. The number of ether oxygens (including phenoxy) is 4. The molecule has 28 heavy (non-hydrogen) atoms. The van der Waals surface area contributed by atoms with E-state index in [0.29, 0.717) is 17.1 Å². The van der Waals surface area contributed by atoms with E-state index in [0.717, 1.165) is 10.0 Å². The Kier molecular flexibility index (Phi) is 5.74. The molecule has 0 aliphatic carbocycles. The largest absolute Gasteiger partial charge is 0.493 e. The maximum atomic E-state index is 12.2. The highest BCUT2D eigenvalue weighted by Crippen LogP contribution is 2.34. The standard InChI is InChI=1S/C21H19BrO6/c1-21(2)27-19(23)16(20(24)28-21)11-14-5-4-6-17(25-3)18(14)26-12-13-7-9-15(22)10-8-13/h4-11H,12H2,1-3H3. The molecule has 0 amide bonds. The van der Waals surface area contributed by atoms with Crippen molar-refractivity contribution in [2.45, 2.75) is 26.2 Å². The number of carbonyl (C=O) groups excluding carboxylic acids is 2. The molecule has 0 saturated carbocycles. The minimum Gasteiger partial charge on any atom is -0.493 e. The molecular formula is C21H19BrO6. The third kappa shape index (κ3) is 4.54. The van der Waals surface area contributed by atoms with Crippen LogP contribution in [0.25, 0.3) is 6.08 Å². The van der Waals surface area contributed by atoms with Gasteiger partial charge in [0.2, 0.25) is 0 Å². The number of esters is 2. The van der Waals surface area contributed by atoms with Gasteiger partial charge >= 0.3 is 11.9 Å². The van der Waals surface area contributed by atoms with Crippen LogP contribution in [-0.4, -0.2) is 24.8 Å². The Balaban J connectivity index is 1.92. The molecule has 1 aliphatic rings. The van der Waals surface area contributed by atoms with Crippen LogP contribution in [0.5, 0.6) is 11.5 Å². The second-order valence-electron chi connectivity index (χ2n) is 6.53. The summed E-state index contributed by atoms with van der Waals surface area (Å²) < 4.78 is 22.6. The number of carbonyl (C=O) groups is 2. The third-order valence-corrected chi connectivity index (χ3v) is 4.47. The van der Waals surface area contributed by atoms with E-state index in [1.165, 1.54) is 27.0 Å². The van der Waals surface area contributed by atoms with Crippen LogP contribution in [0.1, 0.15) is 25.0 Å². The maximum Gasteiger partial charge on any atom is 0.348 e. The lowest BCUT2D eigenvalue weighted by atomic mass is 10.1. The highest BCUT2D eigenvalue weighted by atomic mass is 79.9. The second-order valence-corrected chi connectivity index (χ2v) is 7.45. The first-order chi connectivity index (χ1) is 13.3. The summed E-state index contributed by atoms with van der Waals surface area (Å²) in [5.74, 6) is -1.90. The Hall–Kier alpha value is -2.80. The molecule has 2 aromatic carbocycles. The van der Waals surface area contributed by atoms with E-state index in [4.69, 9.17) is 18.9 Å². The summed E-state index contributed by atoms with van der Waals surface area (Å²) in [5.41, 5.74) is 1.24. The smallest absolute Gasteiger partial charge is 0.348 e. The molecule has 1 saturated heterocycles. The summed E-state index contributed by atoms with van der Waals surface area (Å²) in [7, 11) is 1.52. The van der Waals surface area contributed by atoms with E-state index >= 15 is 0 Å². The van der Waals surface area contributed by atoms with Gasteiger partial charge in [-0.15, -0.1) is 0 Å². The van der Waals surface area contributed by atoms with Crippen molar-refractivity contribution in [3.8, 4) is 11.5 Å². The Bertz CT molecular complexity index is 908. The lowest BCUT2D eigenvalue weighted by Crippen LogP contribution is -2.41. The van der Waals surface area contributed by atoms with E-state index in [1.807, 2.05) is 24.3 Å². The highest BCUT2D eigenvalue weighted by molar-refractivity contribution is 9.10. The van der Waals surface area contributed by atoms with Gasteiger partial charge in [0.15, 0.2) is 11.5 Å². The van der Waals surface area contributed by atoms with Crippen LogP contribution in [0.15, 0.2) is 52.5 Å². The summed E-state index contributed by atoms with van der Waals surface area (Å²) in [6.07, 6.45) is 1.39. The molecule has 0 atom stereocenters. The van der Waals surface area contributed by atoms with E-state index in [1.54, 1.807) is 18.2 Å². The summed E-state index contributed by atoms with van der Waals surface area (Å²) in [4.78, 5) is 24.5. The van der Waals surface area contributed by atoms with Crippen LogP contribution < -0.4 is 9.47 Å². The SMILES string of the molecule is COc1cccc(C=C2C(=O)OC(C)(C)OC2=O)c1OCc1ccc(Br)cc1. The Morgan fingerprint density at radius 2 is 1.68 bits per heavy atom. The maximum absolute atomic E-state index is 12.2. The quantitative estimate of drug-likeness (QED) is 0.388. The molecule has 0 aromatic heterocycles. The number of cyclic esters (lactones) is 2. The minimum atomic E-state index is -1.29. The fourth-order valence-electron chi connectivity index (χ4n) is 2.63.